The van der Waals surface area contributed by atoms with Gasteiger partial charge in [-0.3, -0.25) is 4.79 Å². The zero-order chi connectivity index (χ0) is 9.35. The average molecular weight is 173 g/mol. The second-order valence-corrected chi connectivity index (χ2v) is 3.76. The van der Waals surface area contributed by atoms with E-state index in [4.69, 9.17) is 5.11 Å². The van der Waals surface area contributed by atoms with Gasteiger partial charge in [-0.2, -0.15) is 0 Å². The summed E-state index contributed by atoms with van der Waals surface area (Å²) in [5.74, 6) is -0.495. The molecule has 1 fully saturated rings. The summed E-state index contributed by atoms with van der Waals surface area (Å²) in [6.45, 7) is 3.26. The summed E-state index contributed by atoms with van der Waals surface area (Å²) in [6.07, 6.45) is 0.514. The number of hydrogen-bond donors (Lipinski definition) is 3. The smallest absolute Gasteiger partial charge is 0.228 e. The Bertz CT molecular complexity index is 185. The van der Waals surface area contributed by atoms with Gasteiger partial charge in [0.05, 0.1) is 11.5 Å². The fourth-order valence-corrected chi connectivity index (χ4v) is 1.63. The van der Waals surface area contributed by atoms with Gasteiger partial charge in [0.25, 0.3) is 0 Å². The fraction of sp³-hybridized carbons (Fsp3) is 0.875. The lowest BCUT2D eigenvalue weighted by Crippen LogP contribution is -2.65. The molecule has 1 aliphatic rings. The highest BCUT2D eigenvalue weighted by molar-refractivity contribution is 5.86. The van der Waals surface area contributed by atoms with E-state index in [2.05, 4.69) is 5.32 Å². The number of aliphatic hydroxyl groups excluding tert-OH is 1. The molecule has 1 rings (SSSR count). The predicted octanol–water partition coefficient (Wildman–Crippen LogP) is -0.746. The number of carbonyl (C=O) groups excluding carboxylic acids is 1. The average Bonchev–Trinajstić information content (AvgIpc) is 1.82. The van der Waals surface area contributed by atoms with Crippen molar-refractivity contribution in [1.29, 1.82) is 0 Å². The van der Waals surface area contributed by atoms with E-state index >= 15 is 0 Å². The van der Waals surface area contributed by atoms with Crippen LogP contribution in [0.15, 0.2) is 0 Å². The molecule has 2 atom stereocenters. The number of carbonyl (C=O) groups is 1. The maximum Gasteiger partial charge on any atom is 0.228 e. The molecule has 12 heavy (non-hydrogen) atoms. The van der Waals surface area contributed by atoms with Crippen molar-refractivity contribution in [3.05, 3.63) is 0 Å². The van der Waals surface area contributed by atoms with E-state index in [0.29, 0.717) is 6.42 Å². The minimum absolute atomic E-state index is 0.0392. The normalized spacial score (nSPS) is 29.5. The van der Waals surface area contributed by atoms with Gasteiger partial charge in [-0.25, -0.2) is 0 Å². The third kappa shape index (κ3) is 1.59. The minimum atomic E-state index is -0.984. The van der Waals surface area contributed by atoms with E-state index in [1.807, 2.05) is 0 Å². The van der Waals surface area contributed by atoms with E-state index in [9.17, 15) is 9.90 Å². The Morgan fingerprint density at radius 3 is 2.50 bits per heavy atom. The van der Waals surface area contributed by atoms with Crippen LogP contribution in [0.25, 0.3) is 0 Å². The highest BCUT2D eigenvalue weighted by Gasteiger charge is 2.47. The zero-order valence-electron chi connectivity index (χ0n) is 7.37. The number of aliphatic hydroxyl groups is 2. The zero-order valence-corrected chi connectivity index (χ0v) is 7.37. The van der Waals surface area contributed by atoms with E-state index in [1.54, 1.807) is 13.8 Å². The van der Waals surface area contributed by atoms with Crippen molar-refractivity contribution >= 4 is 5.91 Å². The molecule has 0 aromatic heterocycles. The molecule has 0 bridgehead atoms. The van der Waals surface area contributed by atoms with Crippen LogP contribution in [0, 0.1) is 5.92 Å². The molecule has 0 aromatic rings. The minimum Gasteiger partial charge on any atom is -0.396 e. The summed E-state index contributed by atoms with van der Waals surface area (Å²) in [7, 11) is 0. The second-order valence-electron chi connectivity index (χ2n) is 3.76. The molecule has 1 saturated heterocycles. The third-order valence-corrected chi connectivity index (χ3v) is 2.21. The Hall–Kier alpha value is -0.610. The lowest BCUT2D eigenvalue weighted by Gasteiger charge is -2.43. The van der Waals surface area contributed by atoms with E-state index < -0.39 is 5.60 Å². The molecule has 1 amide bonds. The molecule has 0 radical (unpaired) electrons. The van der Waals surface area contributed by atoms with Gasteiger partial charge in [0.15, 0.2) is 0 Å². The van der Waals surface area contributed by atoms with Crippen LogP contribution in [0.5, 0.6) is 0 Å². The number of β-lactam (4-membered cyclic amide) rings is 1. The molecule has 0 aliphatic carbocycles. The first-order valence-corrected chi connectivity index (χ1v) is 4.10. The van der Waals surface area contributed by atoms with Crippen LogP contribution < -0.4 is 5.32 Å². The van der Waals surface area contributed by atoms with Crippen LogP contribution in [-0.2, 0) is 4.79 Å². The van der Waals surface area contributed by atoms with Gasteiger partial charge in [0.1, 0.15) is 0 Å². The van der Waals surface area contributed by atoms with Gasteiger partial charge >= 0.3 is 0 Å². The molecule has 0 saturated carbocycles. The van der Waals surface area contributed by atoms with Crippen LogP contribution in [0.1, 0.15) is 20.3 Å². The number of nitrogens with one attached hydrogen (secondary N) is 1. The fourth-order valence-electron chi connectivity index (χ4n) is 1.63. The number of amides is 1. The van der Waals surface area contributed by atoms with Gasteiger partial charge in [-0.05, 0) is 20.3 Å². The molecule has 1 aliphatic heterocycles. The molecule has 3 N–H and O–H groups in total. The summed E-state index contributed by atoms with van der Waals surface area (Å²) >= 11 is 0. The van der Waals surface area contributed by atoms with Crippen LogP contribution in [0.4, 0.5) is 0 Å². The Labute approximate surface area is 71.6 Å². The van der Waals surface area contributed by atoms with Crippen LogP contribution >= 0.6 is 0 Å². The Morgan fingerprint density at radius 2 is 2.17 bits per heavy atom. The molecule has 4 nitrogen and oxygen atoms in total. The lowest BCUT2D eigenvalue weighted by atomic mass is 9.77. The predicted molar refractivity (Wildman–Crippen MR) is 43.4 cm³/mol. The van der Waals surface area contributed by atoms with Crippen molar-refractivity contribution in [3.8, 4) is 0 Å². The summed E-state index contributed by atoms with van der Waals surface area (Å²) in [5, 5.41) is 20.8. The topological polar surface area (TPSA) is 69.6 Å². The Balaban J connectivity index is 2.56. The standard InChI is InChI=1S/C8H15NO3/c1-8(2,12)6-5(3-4-10)9-7(6)11/h5-6,10,12H,3-4H2,1-2H3,(H,9,11). The SMILES string of the molecule is CC(C)(O)C1C(=O)NC1CCO. The van der Waals surface area contributed by atoms with Crippen LogP contribution in [0.2, 0.25) is 0 Å². The maximum absolute atomic E-state index is 11.0. The van der Waals surface area contributed by atoms with E-state index in [1.165, 1.54) is 0 Å². The van der Waals surface area contributed by atoms with E-state index in [-0.39, 0.29) is 24.5 Å². The summed E-state index contributed by atoms with van der Waals surface area (Å²) in [6, 6.07) is -0.0671. The Kier molecular flexibility index (Phi) is 2.39. The lowest BCUT2D eigenvalue weighted by molar-refractivity contribution is -0.148. The summed E-state index contributed by atoms with van der Waals surface area (Å²) in [5.41, 5.74) is -0.984. The second kappa shape index (κ2) is 3.03. The van der Waals surface area contributed by atoms with Gasteiger partial charge in [0, 0.05) is 12.6 Å². The van der Waals surface area contributed by atoms with Crippen molar-refractivity contribution in [2.24, 2.45) is 5.92 Å². The quantitative estimate of drug-likeness (QED) is 0.492. The molecular weight excluding hydrogens is 158 g/mol. The largest absolute Gasteiger partial charge is 0.396 e. The van der Waals surface area contributed by atoms with Gasteiger partial charge in [-0.1, -0.05) is 0 Å². The first-order chi connectivity index (χ1) is 5.46. The van der Waals surface area contributed by atoms with Crippen LogP contribution in [0.3, 0.4) is 0 Å². The monoisotopic (exact) mass is 173 g/mol. The molecule has 0 spiro atoms. The number of hydrogen-bond acceptors (Lipinski definition) is 3. The van der Waals surface area contributed by atoms with Crippen LogP contribution in [-0.4, -0.2) is 34.4 Å². The Morgan fingerprint density at radius 1 is 1.58 bits per heavy atom. The first-order valence-electron chi connectivity index (χ1n) is 4.10. The van der Waals surface area contributed by atoms with E-state index in [0.717, 1.165) is 0 Å². The van der Waals surface area contributed by atoms with Crippen molar-refractivity contribution in [3.63, 3.8) is 0 Å². The van der Waals surface area contributed by atoms with Gasteiger partial charge in [-0.15, -0.1) is 0 Å². The number of rotatable bonds is 3. The molecular formula is C8H15NO3. The molecule has 1 heterocycles. The highest BCUT2D eigenvalue weighted by Crippen LogP contribution is 2.28. The molecule has 70 valence electrons. The molecule has 4 heteroatoms. The highest BCUT2D eigenvalue weighted by atomic mass is 16.3. The summed E-state index contributed by atoms with van der Waals surface area (Å²) < 4.78 is 0. The molecule has 2 unspecified atom stereocenters. The first kappa shape index (κ1) is 9.48. The van der Waals surface area contributed by atoms with Crippen molar-refractivity contribution in [1.82, 2.24) is 5.32 Å². The third-order valence-electron chi connectivity index (χ3n) is 2.21. The van der Waals surface area contributed by atoms with Gasteiger partial charge in [0.2, 0.25) is 5.91 Å². The van der Waals surface area contributed by atoms with Gasteiger partial charge < -0.3 is 15.5 Å². The van der Waals surface area contributed by atoms with Crippen molar-refractivity contribution < 1.29 is 15.0 Å². The summed E-state index contributed by atoms with van der Waals surface area (Å²) in [4.78, 5) is 11.0. The van der Waals surface area contributed by atoms with Crippen molar-refractivity contribution in [2.45, 2.75) is 31.9 Å². The van der Waals surface area contributed by atoms with Crippen molar-refractivity contribution in [2.75, 3.05) is 6.61 Å². The maximum atomic E-state index is 11.0. The molecule has 0 aromatic carbocycles.